The van der Waals surface area contributed by atoms with Gasteiger partial charge in [0.05, 0.1) is 6.04 Å². The number of aromatic nitrogens is 1. The standard InChI is InChI=1S/C16H19N3O2/c17-15(11-13-1-3-14(20)4-2-13)16(21)19-10-7-12-5-8-18-9-6-12/h1-6,8-9,15,20H,7,10-11,17H2,(H,19,21)/t15-/m0/s1. The first-order chi connectivity index (χ1) is 10.1. The summed E-state index contributed by atoms with van der Waals surface area (Å²) in [7, 11) is 0. The van der Waals surface area contributed by atoms with Gasteiger partial charge in [-0.05, 0) is 48.2 Å². The Morgan fingerprint density at radius 3 is 2.48 bits per heavy atom. The number of pyridine rings is 1. The average Bonchev–Trinajstić information content (AvgIpc) is 2.50. The Hall–Kier alpha value is -2.40. The fourth-order valence-corrected chi connectivity index (χ4v) is 1.99. The number of nitrogens with zero attached hydrogens (tertiary/aromatic N) is 1. The predicted molar refractivity (Wildman–Crippen MR) is 80.7 cm³/mol. The van der Waals surface area contributed by atoms with Crippen molar-refractivity contribution in [2.45, 2.75) is 18.9 Å². The lowest BCUT2D eigenvalue weighted by Gasteiger charge is -2.12. The number of benzene rings is 1. The van der Waals surface area contributed by atoms with Crippen molar-refractivity contribution in [1.82, 2.24) is 10.3 Å². The summed E-state index contributed by atoms with van der Waals surface area (Å²) in [6.45, 7) is 0.548. The van der Waals surface area contributed by atoms with Crippen molar-refractivity contribution in [3.63, 3.8) is 0 Å². The topological polar surface area (TPSA) is 88.2 Å². The zero-order chi connectivity index (χ0) is 15.1. The fraction of sp³-hybridized carbons (Fsp3) is 0.250. The third-order valence-corrected chi connectivity index (χ3v) is 3.19. The Morgan fingerprint density at radius 1 is 1.14 bits per heavy atom. The first kappa shape index (κ1) is 15.0. The van der Waals surface area contributed by atoms with E-state index in [1.165, 1.54) is 0 Å². The number of carbonyl (C=O) groups is 1. The van der Waals surface area contributed by atoms with E-state index in [1.54, 1.807) is 36.7 Å². The summed E-state index contributed by atoms with van der Waals surface area (Å²) in [5.74, 6) is 0.0336. The van der Waals surface area contributed by atoms with Gasteiger partial charge < -0.3 is 16.2 Å². The highest BCUT2D eigenvalue weighted by Gasteiger charge is 2.13. The van der Waals surface area contributed by atoms with Crippen LogP contribution in [0.4, 0.5) is 0 Å². The number of phenols is 1. The van der Waals surface area contributed by atoms with Crippen LogP contribution in [0.15, 0.2) is 48.8 Å². The molecule has 1 amide bonds. The van der Waals surface area contributed by atoms with E-state index in [-0.39, 0.29) is 11.7 Å². The molecule has 0 fully saturated rings. The maximum Gasteiger partial charge on any atom is 0.237 e. The molecule has 0 radical (unpaired) electrons. The van der Waals surface area contributed by atoms with Gasteiger partial charge in [0.25, 0.3) is 0 Å². The second-order valence-electron chi connectivity index (χ2n) is 4.87. The average molecular weight is 285 g/mol. The van der Waals surface area contributed by atoms with Crippen LogP contribution < -0.4 is 11.1 Å². The lowest BCUT2D eigenvalue weighted by molar-refractivity contribution is -0.122. The van der Waals surface area contributed by atoms with E-state index in [4.69, 9.17) is 5.73 Å². The Labute approximate surface area is 123 Å². The van der Waals surface area contributed by atoms with Crippen molar-refractivity contribution in [2.75, 3.05) is 6.54 Å². The van der Waals surface area contributed by atoms with Gasteiger partial charge in [-0.2, -0.15) is 0 Å². The van der Waals surface area contributed by atoms with E-state index in [1.807, 2.05) is 12.1 Å². The molecular weight excluding hydrogens is 266 g/mol. The van der Waals surface area contributed by atoms with Gasteiger partial charge in [0.2, 0.25) is 5.91 Å². The van der Waals surface area contributed by atoms with E-state index in [0.717, 1.165) is 17.5 Å². The van der Waals surface area contributed by atoms with Crippen LogP contribution >= 0.6 is 0 Å². The maximum atomic E-state index is 11.9. The first-order valence-corrected chi connectivity index (χ1v) is 6.85. The van der Waals surface area contributed by atoms with Crippen LogP contribution in [0.1, 0.15) is 11.1 Å². The van der Waals surface area contributed by atoms with Gasteiger partial charge in [-0.3, -0.25) is 9.78 Å². The number of rotatable bonds is 6. The third-order valence-electron chi connectivity index (χ3n) is 3.19. The summed E-state index contributed by atoms with van der Waals surface area (Å²) in [5.41, 5.74) is 7.93. The highest BCUT2D eigenvalue weighted by molar-refractivity contribution is 5.81. The molecule has 110 valence electrons. The normalized spacial score (nSPS) is 11.9. The van der Waals surface area contributed by atoms with Crippen molar-refractivity contribution >= 4 is 5.91 Å². The van der Waals surface area contributed by atoms with Gasteiger partial charge >= 0.3 is 0 Å². The minimum Gasteiger partial charge on any atom is -0.508 e. The van der Waals surface area contributed by atoms with Gasteiger partial charge in [0, 0.05) is 18.9 Å². The molecule has 21 heavy (non-hydrogen) atoms. The van der Waals surface area contributed by atoms with Crippen molar-refractivity contribution in [2.24, 2.45) is 5.73 Å². The minimum absolute atomic E-state index is 0.169. The fourth-order valence-electron chi connectivity index (χ4n) is 1.99. The van der Waals surface area contributed by atoms with Crippen LogP contribution in [0, 0.1) is 0 Å². The highest BCUT2D eigenvalue weighted by Crippen LogP contribution is 2.10. The smallest absolute Gasteiger partial charge is 0.237 e. The molecule has 1 heterocycles. The number of aromatic hydroxyl groups is 1. The summed E-state index contributed by atoms with van der Waals surface area (Å²) in [6.07, 6.45) is 4.66. The summed E-state index contributed by atoms with van der Waals surface area (Å²) in [5, 5.41) is 12.0. The number of hydrogen-bond donors (Lipinski definition) is 3. The molecule has 0 aliphatic carbocycles. The summed E-state index contributed by atoms with van der Waals surface area (Å²) >= 11 is 0. The van der Waals surface area contributed by atoms with E-state index in [2.05, 4.69) is 10.3 Å². The molecule has 0 bridgehead atoms. The zero-order valence-electron chi connectivity index (χ0n) is 11.7. The molecule has 0 saturated heterocycles. The molecule has 2 aromatic rings. The van der Waals surface area contributed by atoms with Gasteiger partial charge in [0.15, 0.2) is 0 Å². The molecule has 1 aromatic carbocycles. The molecule has 0 aliphatic heterocycles. The monoisotopic (exact) mass is 285 g/mol. The maximum absolute atomic E-state index is 11.9. The molecule has 0 spiro atoms. The van der Waals surface area contributed by atoms with Crippen molar-refractivity contribution < 1.29 is 9.90 Å². The zero-order valence-corrected chi connectivity index (χ0v) is 11.7. The summed E-state index contributed by atoms with van der Waals surface area (Å²) < 4.78 is 0. The Morgan fingerprint density at radius 2 is 1.81 bits per heavy atom. The van der Waals surface area contributed by atoms with Crippen molar-refractivity contribution in [3.8, 4) is 5.75 Å². The SMILES string of the molecule is N[C@@H](Cc1ccc(O)cc1)C(=O)NCCc1ccncc1. The van der Waals surface area contributed by atoms with Crippen molar-refractivity contribution in [1.29, 1.82) is 0 Å². The van der Waals surface area contributed by atoms with E-state index in [0.29, 0.717) is 13.0 Å². The lowest BCUT2D eigenvalue weighted by atomic mass is 10.1. The number of amides is 1. The number of nitrogens with one attached hydrogen (secondary N) is 1. The first-order valence-electron chi connectivity index (χ1n) is 6.85. The van der Waals surface area contributed by atoms with Crippen LogP contribution in [0.2, 0.25) is 0 Å². The molecule has 4 N–H and O–H groups in total. The molecule has 1 aromatic heterocycles. The third kappa shape index (κ3) is 4.89. The molecule has 5 nitrogen and oxygen atoms in total. The van der Waals surface area contributed by atoms with Gasteiger partial charge in [0.1, 0.15) is 5.75 Å². The Bertz CT molecular complexity index is 570. The van der Waals surface area contributed by atoms with Gasteiger partial charge in [-0.15, -0.1) is 0 Å². The van der Waals surface area contributed by atoms with Gasteiger partial charge in [-0.1, -0.05) is 12.1 Å². The second-order valence-corrected chi connectivity index (χ2v) is 4.87. The van der Waals surface area contributed by atoms with Crippen molar-refractivity contribution in [3.05, 3.63) is 59.9 Å². The Balaban J connectivity index is 1.76. The largest absolute Gasteiger partial charge is 0.508 e. The summed E-state index contributed by atoms with van der Waals surface area (Å²) in [4.78, 5) is 15.9. The van der Waals surface area contributed by atoms with E-state index >= 15 is 0 Å². The molecule has 5 heteroatoms. The van der Waals surface area contributed by atoms with Crippen LogP contribution in [0.5, 0.6) is 5.75 Å². The molecule has 1 atom stereocenters. The van der Waals surface area contributed by atoms with Crippen LogP contribution in [-0.4, -0.2) is 28.6 Å². The van der Waals surface area contributed by atoms with Crippen LogP contribution in [0.25, 0.3) is 0 Å². The quantitative estimate of drug-likeness (QED) is 0.739. The molecule has 0 unspecified atom stereocenters. The lowest BCUT2D eigenvalue weighted by Crippen LogP contribution is -2.42. The number of phenolic OH excluding ortho intramolecular Hbond substituents is 1. The number of nitrogens with two attached hydrogens (primary N) is 1. The van der Waals surface area contributed by atoms with Gasteiger partial charge in [-0.25, -0.2) is 0 Å². The van der Waals surface area contributed by atoms with E-state index in [9.17, 15) is 9.90 Å². The molecule has 0 saturated carbocycles. The summed E-state index contributed by atoms with van der Waals surface area (Å²) in [6, 6.07) is 9.95. The molecular formula is C16H19N3O2. The molecule has 2 rings (SSSR count). The predicted octanol–water partition coefficient (Wildman–Crippen LogP) is 1.02. The van der Waals surface area contributed by atoms with Crippen LogP contribution in [0.3, 0.4) is 0 Å². The van der Waals surface area contributed by atoms with E-state index < -0.39 is 6.04 Å². The highest BCUT2D eigenvalue weighted by atomic mass is 16.3. The minimum atomic E-state index is -0.591. The second kappa shape index (κ2) is 7.40. The number of hydrogen-bond acceptors (Lipinski definition) is 4. The number of carbonyl (C=O) groups excluding carboxylic acids is 1. The Kier molecular flexibility index (Phi) is 5.29. The van der Waals surface area contributed by atoms with Crippen LogP contribution in [-0.2, 0) is 17.6 Å². The molecule has 0 aliphatic rings.